The van der Waals surface area contributed by atoms with E-state index in [1.54, 1.807) is 0 Å². The molecule has 0 aromatic heterocycles. The van der Waals surface area contributed by atoms with Crippen molar-refractivity contribution in [3.8, 4) is 11.5 Å². The molecule has 5 heteroatoms. The van der Waals surface area contributed by atoms with Crippen LogP contribution in [0.15, 0.2) is 51.4 Å². The molecule has 0 fully saturated rings. The molecule has 106 valence electrons. The molecule has 0 unspecified atom stereocenters. The standard InChI is InChI=1S/C15H13Br2ClO2/c16-12-2-1-3-13(9-12)19-6-7-20-15-5-4-11(10-18)8-14(15)17/h1-5,8-9H,6-7,10H2. The van der Waals surface area contributed by atoms with Crippen LogP contribution in [0.25, 0.3) is 0 Å². The number of hydrogen-bond donors (Lipinski definition) is 0. The van der Waals surface area contributed by atoms with Crippen LogP contribution in [-0.2, 0) is 5.88 Å². The van der Waals surface area contributed by atoms with Gasteiger partial charge in [-0.3, -0.25) is 0 Å². The monoisotopic (exact) mass is 418 g/mol. The minimum Gasteiger partial charge on any atom is -0.490 e. The fraction of sp³-hybridized carbons (Fsp3) is 0.200. The van der Waals surface area contributed by atoms with Crippen LogP contribution in [0.2, 0.25) is 0 Å². The van der Waals surface area contributed by atoms with Gasteiger partial charge in [0.2, 0.25) is 0 Å². The van der Waals surface area contributed by atoms with Crippen molar-refractivity contribution in [2.24, 2.45) is 0 Å². The molecule has 0 N–H and O–H groups in total. The van der Waals surface area contributed by atoms with E-state index in [4.69, 9.17) is 21.1 Å². The second-order valence-electron chi connectivity index (χ2n) is 4.05. The third-order valence-electron chi connectivity index (χ3n) is 2.56. The second kappa shape index (κ2) is 7.91. The Hall–Kier alpha value is -0.710. The molecule has 0 aliphatic carbocycles. The highest BCUT2D eigenvalue weighted by molar-refractivity contribution is 9.10. The maximum absolute atomic E-state index is 5.77. The smallest absolute Gasteiger partial charge is 0.133 e. The number of ether oxygens (including phenoxy) is 2. The predicted octanol–water partition coefficient (Wildman–Crippen LogP) is 5.41. The van der Waals surface area contributed by atoms with Crippen molar-refractivity contribution in [1.82, 2.24) is 0 Å². The van der Waals surface area contributed by atoms with E-state index in [0.717, 1.165) is 26.0 Å². The average molecular weight is 421 g/mol. The van der Waals surface area contributed by atoms with Crippen molar-refractivity contribution in [3.05, 3.63) is 57.0 Å². The van der Waals surface area contributed by atoms with E-state index in [1.165, 1.54) is 0 Å². The molecule has 2 aromatic carbocycles. The summed E-state index contributed by atoms with van der Waals surface area (Å²) in [5.74, 6) is 2.10. The van der Waals surface area contributed by atoms with Gasteiger partial charge in [0.1, 0.15) is 24.7 Å². The van der Waals surface area contributed by atoms with E-state index >= 15 is 0 Å². The first-order chi connectivity index (χ1) is 9.69. The van der Waals surface area contributed by atoms with Crippen LogP contribution in [0.1, 0.15) is 5.56 Å². The Kier molecular flexibility index (Phi) is 6.20. The minimum absolute atomic E-state index is 0.478. The Morgan fingerprint density at radius 3 is 2.45 bits per heavy atom. The summed E-state index contributed by atoms with van der Waals surface area (Å²) in [7, 11) is 0. The normalized spacial score (nSPS) is 10.3. The lowest BCUT2D eigenvalue weighted by molar-refractivity contribution is 0.216. The zero-order valence-corrected chi connectivity index (χ0v) is 14.5. The molecule has 2 nitrogen and oxygen atoms in total. The summed E-state index contributed by atoms with van der Waals surface area (Å²) in [6.07, 6.45) is 0. The SMILES string of the molecule is ClCc1ccc(OCCOc2cccc(Br)c2)c(Br)c1. The highest BCUT2D eigenvalue weighted by atomic mass is 79.9. The van der Waals surface area contributed by atoms with Crippen molar-refractivity contribution in [2.75, 3.05) is 13.2 Å². The van der Waals surface area contributed by atoms with Gasteiger partial charge in [-0.1, -0.05) is 28.1 Å². The van der Waals surface area contributed by atoms with E-state index in [2.05, 4.69) is 31.9 Å². The van der Waals surface area contributed by atoms with Crippen LogP contribution in [0.5, 0.6) is 11.5 Å². The van der Waals surface area contributed by atoms with Crippen LogP contribution >= 0.6 is 43.5 Å². The molecule has 20 heavy (non-hydrogen) atoms. The van der Waals surface area contributed by atoms with Crippen LogP contribution in [0.3, 0.4) is 0 Å². The van der Waals surface area contributed by atoms with Crippen molar-refractivity contribution < 1.29 is 9.47 Å². The zero-order chi connectivity index (χ0) is 14.4. The molecule has 0 saturated carbocycles. The number of halogens is 3. The van der Waals surface area contributed by atoms with Crippen LogP contribution in [-0.4, -0.2) is 13.2 Å². The zero-order valence-electron chi connectivity index (χ0n) is 10.6. The minimum atomic E-state index is 0.478. The molecule has 0 spiro atoms. The van der Waals surface area contributed by atoms with Crippen molar-refractivity contribution >= 4 is 43.5 Å². The van der Waals surface area contributed by atoms with Gasteiger partial charge in [-0.15, -0.1) is 11.6 Å². The lowest BCUT2D eigenvalue weighted by atomic mass is 10.2. The van der Waals surface area contributed by atoms with Crippen molar-refractivity contribution in [2.45, 2.75) is 5.88 Å². The van der Waals surface area contributed by atoms with Gasteiger partial charge in [0, 0.05) is 10.4 Å². The largest absolute Gasteiger partial charge is 0.490 e. The topological polar surface area (TPSA) is 18.5 Å². The van der Waals surface area contributed by atoms with Gasteiger partial charge in [-0.25, -0.2) is 0 Å². The van der Waals surface area contributed by atoms with Gasteiger partial charge >= 0.3 is 0 Å². The fourth-order valence-corrected chi connectivity index (χ4v) is 2.70. The highest BCUT2D eigenvalue weighted by Crippen LogP contribution is 2.26. The summed E-state index contributed by atoms with van der Waals surface area (Å²) in [5, 5.41) is 0. The summed E-state index contributed by atoms with van der Waals surface area (Å²) in [6, 6.07) is 13.5. The summed E-state index contributed by atoms with van der Waals surface area (Å²) < 4.78 is 13.2. The molecule has 0 saturated heterocycles. The number of benzene rings is 2. The van der Waals surface area contributed by atoms with Gasteiger partial charge < -0.3 is 9.47 Å². The first-order valence-electron chi connectivity index (χ1n) is 6.04. The molecule has 0 aliphatic rings. The Bertz CT molecular complexity index is 576. The Morgan fingerprint density at radius 2 is 1.75 bits per heavy atom. The number of rotatable bonds is 6. The average Bonchev–Trinajstić information content (AvgIpc) is 2.45. The second-order valence-corrected chi connectivity index (χ2v) is 6.09. The number of hydrogen-bond acceptors (Lipinski definition) is 2. The maximum atomic E-state index is 5.77. The molecular weight excluding hydrogens is 407 g/mol. The van der Waals surface area contributed by atoms with Crippen molar-refractivity contribution in [3.63, 3.8) is 0 Å². The molecule has 0 bridgehead atoms. The molecule has 0 radical (unpaired) electrons. The molecule has 2 rings (SSSR count). The maximum Gasteiger partial charge on any atom is 0.133 e. The first-order valence-corrected chi connectivity index (χ1v) is 8.16. The van der Waals surface area contributed by atoms with Crippen LogP contribution in [0, 0.1) is 0 Å². The number of alkyl halides is 1. The van der Waals surface area contributed by atoms with E-state index < -0.39 is 0 Å². The Labute approximate surface area is 140 Å². The van der Waals surface area contributed by atoms with Gasteiger partial charge in [-0.05, 0) is 51.8 Å². The van der Waals surface area contributed by atoms with Gasteiger partial charge in [0.15, 0.2) is 0 Å². The van der Waals surface area contributed by atoms with E-state index in [9.17, 15) is 0 Å². The molecule has 0 aliphatic heterocycles. The molecule has 0 heterocycles. The first kappa shape index (κ1) is 15.7. The van der Waals surface area contributed by atoms with Crippen molar-refractivity contribution in [1.29, 1.82) is 0 Å². The van der Waals surface area contributed by atoms with E-state index in [1.807, 2.05) is 42.5 Å². The quantitative estimate of drug-likeness (QED) is 0.460. The summed E-state index contributed by atoms with van der Waals surface area (Å²) >= 11 is 12.6. The fourth-order valence-electron chi connectivity index (χ4n) is 1.61. The molecule has 0 amide bonds. The summed E-state index contributed by atoms with van der Waals surface area (Å²) in [4.78, 5) is 0. The predicted molar refractivity (Wildman–Crippen MR) is 88.8 cm³/mol. The lowest BCUT2D eigenvalue weighted by Crippen LogP contribution is -2.09. The third kappa shape index (κ3) is 4.69. The Balaban J connectivity index is 1.81. The lowest BCUT2D eigenvalue weighted by Gasteiger charge is -2.10. The summed E-state index contributed by atoms with van der Waals surface area (Å²) in [6.45, 7) is 0.964. The van der Waals surface area contributed by atoms with Gasteiger partial charge in [0.25, 0.3) is 0 Å². The van der Waals surface area contributed by atoms with Crippen LogP contribution in [0.4, 0.5) is 0 Å². The van der Waals surface area contributed by atoms with Crippen LogP contribution < -0.4 is 9.47 Å². The third-order valence-corrected chi connectivity index (χ3v) is 3.98. The Morgan fingerprint density at radius 1 is 0.950 bits per heavy atom. The highest BCUT2D eigenvalue weighted by Gasteiger charge is 2.02. The van der Waals surface area contributed by atoms with Gasteiger partial charge in [-0.2, -0.15) is 0 Å². The molecular formula is C15H13Br2ClO2. The van der Waals surface area contributed by atoms with Gasteiger partial charge in [0.05, 0.1) is 4.47 Å². The van der Waals surface area contributed by atoms with E-state index in [-0.39, 0.29) is 0 Å². The summed E-state index contributed by atoms with van der Waals surface area (Å²) in [5.41, 5.74) is 1.05. The molecule has 2 aromatic rings. The molecule has 0 atom stereocenters. The van der Waals surface area contributed by atoms with E-state index in [0.29, 0.717) is 19.1 Å².